The number of aliphatic carboxylic acids is 1. The van der Waals surface area contributed by atoms with Gasteiger partial charge in [0.2, 0.25) is 5.91 Å². The highest BCUT2D eigenvalue weighted by atomic mass is 16.4. The molecule has 0 aliphatic rings. The van der Waals surface area contributed by atoms with Crippen molar-refractivity contribution in [3.8, 4) is 0 Å². The lowest BCUT2D eigenvalue weighted by Crippen LogP contribution is -2.45. The molecule has 0 fully saturated rings. The fraction of sp³-hybridized carbons (Fsp3) is 0.700. The predicted molar refractivity (Wildman–Crippen MR) is 61.2 cm³/mol. The zero-order chi connectivity index (χ0) is 13.5. The largest absolute Gasteiger partial charge is 0.481 e. The minimum Gasteiger partial charge on any atom is -0.481 e. The highest BCUT2D eigenvalue weighted by molar-refractivity contribution is 5.78. The molecule has 0 aliphatic heterocycles. The molecule has 98 valence electrons. The quantitative estimate of drug-likeness (QED) is 0.490. The number of carboxylic acids is 1. The zero-order valence-corrected chi connectivity index (χ0v) is 10.1. The van der Waals surface area contributed by atoms with E-state index in [1.165, 1.54) is 0 Å². The summed E-state index contributed by atoms with van der Waals surface area (Å²) < 4.78 is 0. The van der Waals surface area contributed by atoms with Gasteiger partial charge in [0.1, 0.15) is 0 Å². The van der Waals surface area contributed by atoms with Crippen molar-refractivity contribution in [1.82, 2.24) is 10.6 Å². The Hall–Kier alpha value is -1.79. The van der Waals surface area contributed by atoms with E-state index in [-0.39, 0.29) is 19.5 Å². The van der Waals surface area contributed by atoms with Gasteiger partial charge in [-0.2, -0.15) is 0 Å². The van der Waals surface area contributed by atoms with Gasteiger partial charge in [0.25, 0.3) is 0 Å². The van der Waals surface area contributed by atoms with Gasteiger partial charge in [-0.25, -0.2) is 4.79 Å². The van der Waals surface area contributed by atoms with E-state index in [9.17, 15) is 14.4 Å². The van der Waals surface area contributed by atoms with Crippen molar-refractivity contribution < 1.29 is 19.5 Å². The van der Waals surface area contributed by atoms with Crippen LogP contribution in [-0.2, 0) is 9.59 Å². The van der Waals surface area contributed by atoms with Crippen LogP contribution in [0.3, 0.4) is 0 Å². The van der Waals surface area contributed by atoms with Crippen LogP contribution in [0.5, 0.6) is 0 Å². The van der Waals surface area contributed by atoms with E-state index >= 15 is 0 Å². The van der Waals surface area contributed by atoms with Crippen LogP contribution in [0, 0.1) is 5.41 Å². The van der Waals surface area contributed by atoms with E-state index in [0.717, 1.165) is 0 Å². The fourth-order valence-electron chi connectivity index (χ4n) is 0.989. The summed E-state index contributed by atoms with van der Waals surface area (Å²) in [5, 5.41) is 13.8. The Kier molecular flexibility index (Phi) is 6.01. The van der Waals surface area contributed by atoms with E-state index in [4.69, 9.17) is 10.8 Å². The van der Waals surface area contributed by atoms with Crippen LogP contribution in [0.25, 0.3) is 0 Å². The molecule has 0 heterocycles. The molecule has 0 aromatic rings. The van der Waals surface area contributed by atoms with Gasteiger partial charge in [-0.1, -0.05) is 6.92 Å². The second-order valence-electron chi connectivity index (χ2n) is 4.05. The first-order valence-corrected chi connectivity index (χ1v) is 5.35. The molecule has 0 rings (SSSR count). The summed E-state index contributed by atoms with van der Waals surface area (Å²) in [5.41, 5.74) is 3.91. The molecular formula is C10H19N3O4. The van der Waals surface area contributed by atoms with Crippen molar-refractivity contribution in [3.05, 3.63) is 0 Å². The van der Waals surface area contributed by atoms with Gasteiger partial charge in [-0.15, -0.1) is 0 Å². The van der Waals surface area contributed by atoms with E-state index in [1.54, 1.807) is 13.8 Å². The van der Waals surface area contributed by atoms with Crippen molar-refractivity contribution in [2.75, 3.05) is 13.1 Å². The molecule has 5 N–H and O–H groups in total. The first kappa shape index (κ1) is 15.2. The van der Waals surface area contributed by atoms with Gasteiger partial charge in [-0.05, 0) is 13.3 Å². The third-order valence-corrected chi connectivity index (χ3v) is 2.59. The average Bonchev–Trinajstić information content (AvgIpc) is 2.25. The van der Waals surface area contributed by atoms with Crippen LogP contribution in [-0.4, -0.2) is 36.1 Å². The smallest absolute Gasteiger partial charge is 0.314 e. The molecule has 3 amide bonds. The maximum absolute atomic E-state index is 11.2. The number of primary amides is 1. The molecule has 0 aromatic heterocycles. The lowest BCUT2D eigenvalue weighted by Gasteiger charge is -2.23. The average molecular weight is 245 g/mol. The van der Waals surface area contributed by atoms with Crippen molar-refractivity contribution in [2.24, 2.45) is 11.1 Å². The number of nitrogens with one attached hydrogen (secondary N) is 2. The zero-order valence-electron chi connectivity index (χ0n) is 10.1. The van der Waals surface area contributed by atoms with Crippen LogP contribution >= 0.6 is 0 Å². The van der Waals surface area contributed by atoms with Gasteiger partial charge in [-0.3, -0.25) is 9.59 Å². The molecule has 1 atom stereocenters. The minimum atomic E-state index is -0.985. The molecule has 0 aromatic carbocycles. The lowest BCUT2D eigenvalue weighted by molar-refractivity contribution is -0.147. The summed E-state index contributed by atoms with van der Waals surface area (Å²) in [6.45, 7) is 3.46. The third-order valence-electron chi connectivity index (χ3n) is 2.59. The number of nitrogens with two attached hydrogens (primary N) is 1. The van der Waals surface area contributed by atoms with E-state index in [2.05, 4.69) is 10.6 Å². The topological polar surface area (TPSA) is 122 Å². The highest BCUT2D eigenvalue weighted by Gasteiger charge is 2.31. The van der Waals surface area contributed by atoms with Crippen LogP contribution in [0.1, 0.15) is 26.7 Å². The number of hydrogen-bond acceptors (Lipinski definition) is 3. The van der Waals surface area contributed by atoms with Crippen molar-refractivity contribution in [1.29, 1.82) is 0 Å². The first-order chi connectivity index (χ1) is 7.81. The van der Waals surface area contributed by atoms with Gasteiger partial charge < -0.3 is 21.5 Å². The van der Waals surface area contributed by atoms with E-state index in [1.807, 2.05) is 0 Å². The predicted octanol–water partition coefficient (Wildman–Crippen LogP) is -0.338. The van der Waals surface area contributed by atoms with Crippen molar-refractivity contribution in [2.45, 2.75) is 26.7 Å². The summed E-state index contributed by atoms with van der Waals surface area (Å²) >= 11 is 0. The molecule has 0 radical (unpaired) electrons. The van der Waals surface area contributed by atoms with Gasteiger partial charge >= 0.3 is 12.0 Å². The maximum atomic E-state index is 11.2. The normalized spacial score (nSPS) is 13.5. The van der Waals surface area contributed by atoms with Crippen LogP contribution in [0.15, 0.2) is 0 Å². The Morgan fingerprint density at radius 2 is 1.88 bits per heavy atom. The Morgan fingerprint density at radius 1 is 1.29 bits per heavy atom. The number of hydrogen-bond donors (Lipinski definition) is 4. The van der Waals surface area contributed by atoms with Gasteiger partial charge in [0, 0.05) is 19.5 Å². The van der Waals surface area contributed by atoms with Crippen LogP contribution in [0.2, 0.25) is 0 Å². The molecule has 0 aliphatic carbocycles. The van der Waals surface area contributed by atoms with E-state index < -0.39 is 23.3 Å². The Labute approximate surface area is 99.7 Å². The third kappa shape index (κ3) is 5.74. The summed E-state index contributed by atoms with van der Waals surface area (Å²) in [7, 11) is 0. The molecule has 7 nitrogen and oxygen atoms in total. The number of carbonyl (C=O) groups is 3. The molecule has 0 saturated heterocycles. The van der Waals surface area contributed by atoms with E-state index in [0.29, 0.717) is 6.42 Å². The molecular weight excluding hydrogens is 226 g/mol. The Balaban J connectivity index is 3.98. The maximum Gasteiger partial charge on any atom is 0.314 e. The van der Waals surface area contributed by atoms with Crippen molar-refractivity contribution in [3.63, 3.8) is 0 Å². The fourth-order valence-corrected chi connectivity index (χ4v) is 0.989. The van der Waals surface area contributed by atoms with Gasteiger partial charge in [0.15, 0.2) is 0 Å². The van der Waals surface area contributed by atoms with Gasteiger partial charge in [0.05, 0.1) is 5.41 Å². The minimum absolute atomic E-state index is 0.0290. The number of carboxylic acid groups (broad SMARTS) is 1. The second-order valence-corrected chi connectivity index (χ2v) is 4.05. The molecule has 0 saturated carbocycles. The molecule has 17 heavy (non-hydrogen) atoms. The summed E-state index contributed by atoms with van der Waals surface area (Å²) in [5.74, 6) is -1.47. The van der Waals surface area contributed by atoms with Crippen LogP contribution in [0.4, 0.5) is 4.79 Å². The highest BCUT2D eigenvalue weighted by Crippen LogP contribution is 2.19. The van der Waals surface area contributed by atoms with Crippen molar-refractivity contribution >= 4 is 17.9 Å². The standard InChI is InChI=1S/C10H19N3O4/c1-3-10(2,8(15)16)6-13-9(17)12-5-4-7(11)14/h3-6H2,1-2H3,(H2,11,14)(H,15,16)(H2,12,13,17). The monoisotopic (exact) mass is 245 g/mol. The SMILES string of the molecule is CCC(C)(CNC(=O)NCCC(N)=O)C(=O)O. The number of rotatable bonds is 7. The Morgan fingerprint density at radius 3 is 2.29 bits per heavy atom. The summed E-state index contributed by atoms with van der Waals surface area (Å²) in [6, 6.07) is -0.507. The van der Waals surface area contributed by atoms with Crippen LogP contribution < -0.4 is 16.4 Å². The summed E-state index contributed by atoms with van der Waals surface area (Å²) in [4.78, 5) is 32.6. The number of urea groups is 1. The Bertz CT molecular complexity index is 306. The second kappa shape index (κ2) is 6.72. The molecule has 0 spiro atoms. The first-order valence-electron chi connectivity index (χ1n) is 5.35. The summed E-state index contributed by atoms with van der Waals surface area (Å²) in [6.07, 6.45) is 0.460. The molecule has 7 heteroatoms. The molecule has 0 bridgehead atoms. The lowest BCUT2D eigenvalue weighted by atomic mass is 9.88. The number of amides is 3. The molecule has 1 unspecified atom stereocenters. The number of carbonyl (C=O) groups excluding carboxylic acids is 2.